The molecule has 32 heavy (non-hydrogen) atoms. The highest BCUT2D eigenvalue weighted by molar-refractivity contribution is 7.90. The molecule has 1 aliphatic rings. The lowest BCUT2D eigenvalue weighted by Crippen LogP contribution is -2.41. The standard InChI is InChI=1S/C20H23FN4O5S2/c1-13-4-5-18(16(21)10-13)32(29,30)24-8-6-14(7-9-24)25-19-17(23(2)20(25)26)11-15(12-22-19)31(3,27)28/h4-5,10-12,14H,6-9H2,1-3H3. The van der Waals surface area contributed by atoms with Crippen LogP contribution in [0.4, 0.5) is 4.39 Å². The van der Waals surface area contributed by atoms with Crippen LogP contribution < -0.4 is 5.69 Å². The van der Waals surface area contributed by atoms with Gasteiger partial charge in [-0.1, -0.05) is 6.07 Å². The van der Waals surface area contributed by atoms with Crippen LogP contribution in [0.15, 0.2) is 45.0 Å². The van der Waals surface area contributed by atoms with Crippen molar-refractivity contribution >= 4 is 31.0 Å². The van der Waals surface area contributed by atoms with E-state index < -0.39 is 25.7 Å². The van der Waals surface area contributed by atoms with Crippen molar-refractivity contribution in [3.63, 3.8) is 0 Å². The highest BCUT2D eigenvalue weighted by Gasteiger charge is 2.33. The van der Waals surface area contributed by atoms with Gasteiger partial charge in [-0.25, -0.2) is 31.0 Å². The largest absolute Gasteiger partial charge is 0.330 e. The van der Waals surface area contributed by atoms with Crippen LogP contribution in [0.3, 0.4) is 0 Å². The zero-order chi connectivity index (χ0) is 23.4. The van der Waals surface area contributed by atoms with Gasteiger partial charge in [0.25, 0.3) is 0 Å². The number of piperidine rings is 1. The minimum absolute atomic E-state index is 0.0128. The predicted molar refractivity (Wildman–Crippen MR) is 116 cm³/mol. The Morgan fingerprint density at radius 2 is 1.75 bits per heavy atom. The smallest absolute Gasteiger partial charge is 0.293 e. The Balaban J connectivity index is 1.64. The number of hydrogen-bond acceptors (Lipinski definition) is 6. The van der Waals surface area contributed by atoms with Crippen LogP contribution in [0.25, 0.3) is 11.2 Å². The summed E-state index contributed by atoms with van der Waals surface area (Å²) in [4.78, 5) is 16.8. The maximum atomic E-state index is 14.3. The molecular weight excluding hydrogens is 459 g/mol. The molecule has 0 N–H and O–H groups in total. The van der Waals surface area contributed by atoms with Gasteiger partial charge in [0.05, 0.1) is 10.4 Å². The van der Waals surface area contributed by atoms with Gasteiger partial charge in [-0.2, -0.15) is 4.31 Å². The summed E-state index contributed by atoms with van der Waals surface area (Å²) in [6.45, 7) is 1.91. The van der Waals surface area contributed by atoms with E-state index in [0.29, 0.717) is 29.6 Å². The zero-order valence-electron chi connectivity index (χ0n) is 17.8. The molecule has 1 saturated heterocycles. The number of sulfone groups is 1. The Hall–Kier alpha value is -2.57. The Bertz CT molecular complexity index is 1480. The summed E-state index contributed by atoms with van der Waals surface area (Å²) in [5.41, 5.74) is 0.997. The van der Waals surface area contributed by atoms with Crippen LogP contribution in [0.1, 0.15) is 24.4 Å². The summed E-state index contributed by atoms with van der Waals surface area (Å²) in [5.74, 6) is -0.789. The van der Waals surface area contributed by atoms with Crippen LogP contribution in [0.5, 0.6) is 0 Å². The molecule has 3 heterocycles. The lowest BCUT2D eigenvalue weighted by Gasteiger charge is -2.31. The monoisotopic (exact) mass is 482 g/mol. The number of fused-ring (bicyclic) bond motifs is 1. The molecule has 0 unspecified atom stereocenters. The van der Waals surface area contributed by atoms with Gasteiger partial charge in [0.2, 0.25) is 10.0 Å². The van der Waals surface area contributed by atoms with E-state index in [9.17, 15) is 26.0 Å². The second-order valence-electron chi connectivity index (χ2n) is 8.07. The number of aryl methyl sites for hydroxylation is 2. The number of hydrogen-bond donors (Lipinski definition) is 0. The molecule has 2 aromatic heterocycles. The van der Waals surface area contributed by atoms with E-state index in [0.717, 1.165) is 6.26 Å². The molecule has 3 aromatic rings. The first-order valence-electron chi connectivity index (χ1n) is 9.94. The summed E-state index contributed by atoms with van der Waals surface area (Å²) < 4.78 is 67.9. The third-order valence-corrected chi connectivity index (χ3v) is 8.84. The summed E-state index contributed by atoms with van der Waals surface area (Å²) in [7, 11) is -5.95. The normalized spacial score (nSPS) is 16.6. The molecule has 0 spiro atoms. The fourth-order valence-electron chi connectivity index (χ4n) is 4.04. The molecule has 0 atom stereocenters. The van der Waals surface area contributed by atoms with Crippen molar-refractivity contribution < 1.29 is 21.2 Å². The SMILES string of the molecule is Cc1ccc(S(=O)(=O)N2CCC(n3c(=O)n(C)c4cc(S(C)(=O)=O)cnc43)CC2)c(F)c1. The minimum Gasteiger partial charge on any atom is -0.293 e. The maximum Gasteiger partial charge on any atom is 0.330 e. The zero-order valence-corrected chi connectivity index (χ0v) is 19.5. The molecule has 0 radical (unpaired) electrons. The molecule has 0 amide bonds. The number of benzene rings is 1. The maximum absolute atomic E-state index is 14.3. The first-order chi connectivity index (χ1) is 14.9. The lowest BCUT2D eigenvalue weighted by molar-refractivity contribution is 0.272. The number of sulfonamides is 1. The van der Waals surface area contributed by atoms with E-state index in [1.54, 1.807) is 13.0 Å². The average molecular weight is 483 g/mol. The summed E-state index contributed by atoms with van der Waals surface area (Å²) in [6.07, 6.45) is 2.95. The third kappa shape index (κ3) is 3.76. The van der Waals surface area contributed by atoms with Gasteiger partial charge in [0, 0.05) is 38.6 Å². The van der Waals surface area contributed by atoms with Crippen molar-refractivity contribution in [1.82, 2.24) is 18.4 Å². The number of nitrogens with zero attached hydrogens (tertiary/aromatic N) is 4. The molecule has 1 fully saturated rings. The number of aromatic nitrogens is 3. The second-order valence-corrected chi connectivity index (χ2v) is 12.0. The molecular formula is C20H23FN4O5S2. The lowest BCUT2D eigenvalue weighted by atomic mass is 10.1. The molecule has 4 rings (SSSR count). The van der Waals surface area contributed by atoms with E-state index in [1.165, 1.54) is 44.9 Å². The molecule has 0 bridgehead atoms. The Kier molecular flexibility index (Phi) is 5.50. The van der Waals surface area contributed by atoms with Gasteiger partial charge < -0.3 is 0 Å². The average Bonchev–Trinajstić information content (AvgIpc) is 2.97. The fraction of sp³-hybridized carbons (Fsp3) is 0.400. The topological polar surface area (TPSA) is 111 Å². The minimum atomic E-state index is -4.00. The summed E-state index contributed by atoms with van der Waals surface area (Å²) in [6, 6.07) is 5.09. The van der Waals surface area contributed by atoms with Gasteiger partial charge in [0.1, 0.15) is 10.7 Å². The van der Waals surface area contributed by atoms with Crippen molar-refractivity contribution in [2.45, 2.75) is 35.6 Å². The molecule has 1 aromatic carbocycles. The van der Waals surface area contributed by atoms with Crippen LogP contribution in [0.2, 0.25) is 0 Å². The number of imidazole rings is 1. The van der Waals surface area contributed by atoms with Gasteiger partial charge in [-0.15, -0.1) is 0 Å². The van der Waals surface area contributed by atoms with Crippen LogP contribution >= 0.6 is 0 Å². The third-order valence-electron chi connectivity index (χ3n) is 5.83. The van der Waals surface area contributed by atoms with Crippen LogP contribution in [-0.2, 0) is 26.9 Å². The van der Waals surface area contributed by atoms with Crippen molar-refractivity contribution in [3.8, 4) is 0 Å². The number of pyridine rings is 1. The van der Waals surface area contributed by atoms with Crippen LogP contribution in [0, 0.1) is 12.7 Å². The quantitative estimate of drug-likeness (QED) is 0.559. The molecule has 172 valence electrons. The molecule has 1 aliphatic heterocycles. The van der Waals surface area contributed by atoms with Gasteiger partial charge in [-0.05, 0) is 43.5 Å². The highest BCUT2D eigenvalue weighted by Crippen LogP contribution is 2.29. The summed E-state index contributed by atoms with van der Waals surface area (Å²) >= 11 is 0. The van der Waals surface area contributed by atoms with Gasteiger partial charge in [-0.3, -0.25) is 9.13 Å². The number of rotatable bonds is 4. The predicted octanol–water partition coefficient (Wildman–Crippen LogP) is 1.61. The summed E-state index contributed by atoms with van der Waals surface area (Å²) in [5, 5.41) is 0. The Labute approximate surface area is 185 Å². The Morgan fingerprint density at radius 3 is 2.34 bits per heavy atom. The highest BCUT2D eigenvalue weighted by atomic mass is 32.2. The molecule has 12 heteroatoms. The van der Waals surface area contributed by atoms with Crippen LogP contribution in [-0.4, -0.2) is 54.6 Å². The van der Waals surface area contributed by atoms with Crippen molar-refractivity contribution in [2.75, 3.05) is 19.3 Å². The first kappa shape index (κ1) is 22.6. The fourth-order valence-corrected chi connectivity index (χ4v) is 6.13. The van der Waals surface area contributed by atoms with Crippen molar-refractivity contribution in [3.05, 3.63) is 52.3 Å². The van der Waals surface area contributed by atoms with E-state index in [4.69, 9.17) is 0 Å². The van der Waals surface area contributed by atoms with E-state index in [1.807, 2.05) is 0 Å². The second kappa shape index (κ2) is 7.78. The van der Waals surface area contributed by atoms with E-state index >= 15 is 0 Å². The first-order valence-corrected chi connectivity index (χ1v) is 13.3. The van der Waals surface area contributed by atoms with E-state index in [2.05, 4.69) is 4.98 Å². The Morgan fingerprint density at radius 1 is 1.09 bits per heavy atom. The van der Waals surface area contributed by atoms with Crippen molar-refractivity contribution in [1.29, 1.82) is 0 Å². The van der Waals surface area contributed by atoms with E-state index in [-0.39, 0.29) is 34.6 Å². The number of halogens is 1. The van der Waals surface area contributed by atoms with Gasteiger partial charge in [0.15, 0.2) is 15.5 Å². The van der Waals surface area contributed by atoms with Crippen molar-refractivity contribution in [2.24, 2.45) is 7.05 Å². The molecule has 9 nitrogen and oxygen atoms in total. The molecule has 0 saturated carbocycles. The molecule has 0 aliphatic carbocycles. The van der Waals surface area contributed by atoms with Gasteiger partial charge >= 0.3 is 5.69 Å².